The molecule has 1 aromatic heterocycles. The summed E-state index contributed by atoms with van der Waals surface area (Å²) in [6.45, 7) is -0.155. The second-order valence-corrected chi connectivity index (χ2v) is 3.25. The van der Waals surface area contributed by atoms with E-state index in [0.29, 0.717) is 11.8 Å². The SMILES string of the molecule is OCc1nnc(CC2CCC2)o1. The van der Waals surface area contributed by atoms with Gasteiger partial charge >= 0.3 is 0 Å². The summed E-state index contributed by atoms with van der Waals surface area (Å²) in [7, 11) is 0. The lowest BCUT2D eigenvalue weighted by molar-refractivity contribution is 0.229. The topological polar surface area (TPSA) is 59.2 Å². The average Bonchev–Trinajstić information content (AvgIpc) is 2.44. The van der Waals surface area contributed by atoms with E-state index in [1.165, 1.54) is 19.3 Å². The molecule has 0 atom stereocenters. The van der Waals surface area contributed by atoms with Crippen LogP contribution in [0.3, 0.4) is 0 Å². The summed E-state index contributed by atoms with van der Waals surface area (Å²) in [5, 5.41) is 16.2. The van der Waals surface area contributed by atoms with Crippen LogP contribution in [0.5, 0.6) is 0 Å². The van der Waals surface area contributed by atoms with Gasteiger partial charge in [-0.25, -0.2) is 0 Å². The first kappa shape index (κ1) is 7.73. The Hall–Kier alpha value is -0.900. The third-order valence-corrected chi connectivity index (χ3v) is 2.33. The van der Waals surface area contributed by atoms with E-state index in [0.717, 1.165) is 12.3 Å². The van der Waals surface area contributed by atoms with Gasteiger partial charge in [0, 0.05) is 6.42 Å². The lowest BCUT2D eigenvalue weighted by Crippen LogP contribution is -2.13. The largest absolute Gasteiger partial charge is 0.423 e. The van der Waals surface area contributed by atoms with E-state index in [4.69, 9.17) is 9.52 Å². The minimum atomic E-state index is -0.155. The summed E-state index contributed by atoms with van der Waals surface area (Å²) >= 11 is 0. The van der Waals surface area contributed by atoms with Gasteiger partial charge in [-0.1, -0.05) is 6.42 Å². The quantitative estimate of drug-likeness (QED) is 0.728. The highest BCUT2D eigenvalue weighted by atomic mass is 16.4. The van der Waals surface area contributed by atoms with Crippen LogP contribution in [0.2, 0.25) is 0 Å². The van der Waals surface area contributed by atoms with Gasteiger partial charge in [-0.15, -0.1) is 10.2 Å². The van der Waals surface area contributed by atoms with Crippen LogP contribution in [0.25, 0.3) is 0 Å². The Kier molecular flexibility index (Phi) is 2.08. The van der Waals surface area contributed by atoms with Crippen LogP contribution in [0, 0.1) is 5.92 Å². The molecular formula is C8H12N2O2. The van der Waals surface area contributed by atoms with Crippen LogP contribution >= 0.6 is 0 Å². The summed E-state index contributed by atoms with van der Waals surface area (Å²) in [5.74, 6) is 1.73. The fraction of sp³-hybridized carbons (Fsp3) is 0.750. The van der Waals surface area contributed by atoms with Crippen molar-refractivity contribution in [1.29, 1.82) is 0 Å². The number of aliphatic hydroxyl groups excluding tert-OH is 1. The van der Waals surface area contributed by atoms with Crippen LogP contribution in [0.1, 0.15) is 31.0 Å². The molecule has 1 aliphatic rings. The Morgan fingerprint density at radius 1 is 1.33 bits per heavy atom. The van der Waals surface area contributed by atoms with Gasteiger partial charge in [0.15, 0.2) is 0 Å². The molecule has 1 fully saturated rings. The van der Waals surface area contributed by atoms with Gasteiger partial charge in [0.05, 0.1) is 0 Å². The molecule has 1 aliphatic carbocycles. The molecule has 1 saturated carbocycles. The van der Waals surface area contributed by atoms with Gasteiger partial charge < -0.3 is 9.52 Å². The maximum absolute atomic E-state index is 8.66. The Morgan fingerprint density at radius 2 is 2.08 bits per heavy atom. The van der Waals surface area contributed by atoms with Crippen molar-refractivity contribution in [2.45, 2.75) is 32.3 Å². The number of nitrogens with zero attached hydrogens (tertiary/aromatic N) is 2. The van der Waals surface area contributed by atoms with E-state index in [2.05, 4.69) is 10.2 Å². The second-order valence-electron chi connectivity index (χ2n) is 3.25. The molecule has 0 bridgehead atoms. The molecule has 0 amide bonds. The fourth-order valence-electron chi connectivity index (χ4n) is 1.38. The molecule has 12 heavy (non-hydrogen) atoms. The highest BCUT2D eigenvalue weighted by Crippen LogP contribution is 2.29. The molecule has 0 radical (unpaired) electrons. The first-order valence-corrected chi connectivity index (χ1v) is 4.30. The maximum Gasteiger partial charge on any atom is 0.241 e. The van der Waals surface area contributed by atoms with E-state index in [1.807, 2.05) is 0 Å². The third-order valence-electron chi connectivity index (χ3n) is 2.33. The molecule has 4 nitrogen and oxygen atoms in total. The second kappa shape index (κ2) is 3.23. The number of hydrogen-bond acceptors (Lipinski definition) is 4. The van der Waals surface area contributed by atoms with Gasteiger partial charge in [-0.2, -0.15) is 0 Å². The van der Waals surface area contributed by atoms with Crippen molar-refractivity contribution in [3.63, 3.8) is 0 Å². The van der Waals surface area contributed by atoms with Crippen molar-refractivity contribution in [3.8, 4) is 0 Å². The number of rotatable bonds is 3. The molecule has 0 aromatic carbocycles. The zero-order valence-electron chi connectivity index (χ0n) is 6.86. The number of aromatic nitrogens is 2. The zero-order valence-corrected chi connectivity index (χ0v) is 6.86. The van der Waals surface area contributed by atoms with E-state index in [9.17, 15) is 0 Å². The first-order chi connectivity index (χ1) is 5.88. The Bertz CT molecular complexity index is 255. The minimum Gasteiger partial charge on any atom is -0.423 e. The van der Waals surface area contributed by atoms with Crippen molar-refractivity contribution in [2.75, 3.05) is 0 Å². The molecule has 2 rings (SSSR count). The molecule has 1 N–H and O–H groups in total. The molecule has 1 heterocycles. The molecule has 1 aromatic rings. The summed E-state index contributed by atoms with van der Waals surface area (Å²) in [4.78, 5) is 0. The van der Waals surface area contributed by atoms with Gasteiger partial charge in [0.25, 0.3) is 0 Å². The highest BCUT2D eigenvalue weighted by molar-refractivity contribution is 4.85. The summed E-state index contributed by atoms with van der Waals surface area (Å²) in [6.07, 6.45) is 4.76. The van der Waals surface area contributed by atoms with Crippen LogP contribution in [0.15, 0.2) is 4.42 Å². The van der Waals surface area contributed by atoms with E-state index >= 15 is 0 Å². The van der Waals surface area contributed by atoms with E-state index in [1.54, 1.807) is 0 Å². The smallest absolute Gasteiger partial charge is 0.241 e. The molecule has 4 heteroatoms. The van der Waals surface area contributed by atoms with Crippen molar-refractivity contribution in [2.24, 2.45) is 5.92 Å². The predicted octanol–water partition coefficient (Wildman–Crippen LogP) is 0.905. The maximum atomic E-state index is 8.66. The zero-order chi connectivity index (χ0) is 8.39. The summed E-state index contributed by atoms with van der Waals surface area (Å²) in [5.41, 5.74) is 0. The summed E-state index contributed by atoms with van der Waals surface area (Å²) < 4.78 is 5.17. The average molecular weight is 168 g/mol. The highest BCUT2D eigenvalue weighted by Gasteiger charge is 2.20. The Balaban J connectivity index is 1.93. The van der Waals surface area contributed by atoms with E-state index in [-0.39, 0.29) is 6.61 Å². The molecule has 0 aliphatic heterocycles. The first-order valence-electron chi connectivity index (χ1n) is 4.30. The predicted molar refractivity (Wildman–Crippen MR) is 41.3 cm³/mol. The normalized spacial score (nSPS) is 17.8. The van der Waals surface area contributed by atoms with Crippen LogP contribution in [-0.4, -0.2) is 15.3 Å². The summed E-state index contributed by atoms with van der Waals surface area (Å²) in [6, 6.07) is 0. The minimum absolute atomic E-state index is 0.155. The lowest BCUT2D eigenvalue weighted by Gasteiger charge is -2.23. The molecular weight excluding hydrogens is 156 g/mol. The van der Waals surface area contributed by atoms with Crippen molar-refractivity contribution in [3.05, 3.63) is 11.8 Å². The van der Waals surface area contributed by atoms with Crippen molar-refractivity contribution in [1.82, 2.24) is 10.2 Å². The standard InChI is InChI=1S/C8H12N2O2/c11-5-8-10-9-7(12-8)4-6-2-1-3-6/h6,11H,1-5H2. The Morgan fingerprint density at radius 3 is 2.58 bits per heavy atom. The van der Waals surface area contributed by atoms with Crippen LogP contribution < -0.4 is 0 Å². The van der Waals surface area contributed by atoms with Gasteiger partial charge in [-0.05, 0) is 18.8 Å². The lowest BCUT2D eigenvalue weighted by atomic mass is 9.83. The van der Waals surface area contributed by atoms with Crippen LogP contribution in [-0.2, 0) is 13.0 Å². The number of hydrogen-bond donors (Lipinski definition) is 1. The number of aliphatic hydroxyl groups is 1. The van der Waals surface area contributed by atoms with Gasteiger partial charge in [0.2, 0.25) is 11.8 Å². The van der Waals surface area contributed by atoms with Gasteiger partial charge in [0.1, 0.15) is 6.61 Å². The van der Waals surface area contributed by atoms with Crippen molar-refractivity contribution < 1.29 is 9.52 Å². The molecule has 0 unspecified atom stereocenters. The molecule has 0 saturated heterocycles. The van der Waals surface area contributed by atoms with E-state index < -0.39 is 0 Å². The Labute approximate surface area is 70.6 Å². The van der Waals surface area contributed by atoms with Crippen molar-refractivity contribution >= 4 is 0 Å². The molecule has 0 spiro atoms. The monoisotopic (exact) mass is 168 g/mol. The van der Waals surface area contributed by atoms with Crippen LogP contribution in [0.4, 0.5) is 0 Å². The molecule has 66 valence electrons. The third kappa shape index (κ3) is 1.48. The fourth-order valence-corrected chi connectivity index (χ4v) is 1.38. The van der Waals surface area contributed by atoms with Gasteiger partial charge in [-0.3, -0.25) is 0 Å².